The third kappa shape index (κ3) is 11.6. The highest BCUT2D eigenvalue weighted by Gasteiger charge is 1.90. The molecule has 0 unspecified atom stereocenters. The van der Waals surface area contributed by atoms with Crippen molar-refractivity contribution in [2.45, 2.75) is 71.1 Å². The van der Waals surface area contributed by atoms with E-state index in [-0.39, 0.29) is 0 Å². The Kier molecular flexibility index (Phi) is 8.12. The molecule has 0 aliphatic carbocycles. The van der Waals surface area contributed by atoms with Gasteiger partial charge in [-0.05, 0) is 6.42 Å². The van der Waals surface area contributed by atoms with Gasteiger partial charge in [0.1, 0.15) is 0 Å². The molecule has 0 saturated heterocycles. The fraction of sp³-hybridized carbons (Fsp3) is 0.846. The molecule has 0 spiro atoms. The van der Waals surface area contributed by atoms with Gasteiger partial charge in [0.15, 0.2) is 0 Å². The third-order valence-electron chi connectivity index (χ3n) is 2.25. The number of hydrogen-bond donors (Lipinski definition) is 0. The van der Waals surface area contributed by atoms with Crippen LogP contribution in [-0.4, -0.2) is 0 Å². The Morgan fingerprint density at radius 3 is 1.85 bits per heavy atom. The molecule has 0 aromatic rings. The molecule has 0 nitrogen and oxygen atoms in total. The SMILES string of the molecule is [2H]C([2H])(C)CCCCCCCCCC#C. The first-order valence-electron chi connectivity index (χ1n) is 6.50. The minimum absolute atomic E-state index is 0.699. The van der Waals surface area contributed by atoms with E-state index in [9.17, 15) is 0 Å². The van der Waals surface area contributed by atoms with E-state index in [0.29, 0.717) is 6.42 Å². The Hall–Kier alpha value is -0.440. The highest BCUT2D eigenvalue weighted by Crippen LogP contribution is 2.09. The minimum Gasteiger partial charge on any atom is -0.120 e. The van der Waals surface area contributed by atoms with Gasteiger partial charge in [0, 0.05) is 9.16 Å². The van der Waals surface area contributed by atoms with Gasteiger partial charge in [-0.25, -0.2) is 0 Å². The summed E-state index contributed by atoms with van der Waals surface area (Å²) >= 11 is 0. The third-order valence-corrected chi connectivity index (χ3v) is 2.25. The summed E-state index contributed by atoms with van der Waals surface area (Å²) < 4.78 is 14.7. The van der Waals surface area contributed by atoms with Crippen molar-refractivity contribution in [2.24, 2.45) is 0 Å². The number of unbranched alkanes of at least 4 members (excludes halogenated alkanes) is 7. The highest BCUT2D eigenvalue weighted by molar-refractivity contribution is 4.82. The van der Waals surface area contributed by atoms with Crippen LogP contribution in [0.2, 0.25) is 0 Å². The molecule has 0 bridgehead atoms. The van der Waals surface area contributed by atoms with Crippen LogP contribution in [0.15, 0.2) is 0 Å². The standard InChI is InChI=1S/C13H24/c1-3-5-7-9-11-13-12-10-8-6-4-2/h1H,4-13H2,2H3/i4D2. The summed E-state index contributed by atoms with van der Waals surface area (Å²) in [6, 6.07) is 0. The molecule has 0 heterocycles. The zero-order valence-corrected chi connectivity index (χ0v) is 8.94. The smallest absolute Gasteiger partial charge is 0.0264 e. The molecule has 0 fully saturated rings. The summed E-state index contributed by atoms with van der Waals surface area (Å²) in [4.78, 5) is 0. The van der Waals surface area contributed by atoms with Crippen molar-refractivity contribution in [1.29, 1.82) is 0 Å². The first-order chi connectivity index (χ1) is 7.06. The highest BCUT2D eigenvalue weighted by atomic mass is 14.0. The predicted octanol–water partition coefficient (Wildman–Crippen LogP) is 4.54. The zero-order valence-electron chi connectivity index (χ0n) is 10.9. The predicted molar refractivity (Wildman–Crippen MR) is 60.7 cm³/mol. The molecule has 0 amide bonds. The van der Waals surface area contributed by atoms with Crippen LogP contribution >= 0.6 is 0 Å². The van der Waals surface area contributed by atoms with Crippen molar-refractivity contribution in [3.05, 3.63) is 0 Å². The van der Waals surface area contributed by atoms with Gasteiger partial charge in [0.05, 0.1) is 0 Å². The summed E-state index contributed by atoms with van der Waals surface area (Å²) in [5, 5.41) is 0. The molecule has 0 aliphatic rings. The van der Waals surface area contributed by atoms with E-state index in [4.69, 9.17) is 9.16 Å². The van der Waals surface area contributed by atoms with Crippen LogP contribution in [0.25, 0.3) is 0 Å². The van der Waals surface area contributed by atoms with Crippen LogP contribution in [0.5, 0.6) is 0 Å². The van der Waals surface area contributed by atoms with Crippen molar-refractivity contribution >= 4 is 0 Å². The van der Waals surface area contributed by atoms with Crippen LogP contribution in [0, 0.1) is 12.3 Å². The van der Waals surface area contributed by atoms with Crippen molar-refractivity contribution < 1.29 is 2.74 Å². The quantitative estimate of drug-likeness (QED) is 0.363. The van der Waals surface area contributed by atoms with E-state index in [1.54, 1.807) is 6.92 Å². The largest absolute Gasteiger partial charge is 0.120 e. The molecule has 0 N–H and O–H groups in total. The van der Waals surface area contributed by atoms with Crippen molar-refractivity contribution in [3.63, 3.8) is 0 Å². The lowest BCUT2D eigenvalue weighted by molar-refractivity contribution is 0.567. The maximum Gasteiger partial charge on any atom is 0.0264 e. The Bertz CT molecular complexity index is 174. The van der Waals surface area contributed by atoms with E-state index in [1.165, 1.54) is 32.1 Å². The molecule has 0 radical (unpaired) electrons. The van der Waals surface area contributed by atoms with Gasteiger partial charge in [-0.15, -0.1) is 12.3 Å². The topological polar surface area (TPSA) is 0 Å². The molecular formula is C13H24. The summed E-state index contributed by atoms with van der Waals surface area (Å²) in [7, 11) is 0. The van der Waals surface area contributed by atoms with Crippen LogP contribution in [0.4, 0.5) is 0 Å². The molecule has 0 saturated carbocycles. The van der Waals surface area contributed by atoms with Gasteiger partial charge in [0.2, 0.25) is 0 Å². The second kappa shape index (κ2) is 11.6. The van der Waals surface area contributed by atoms with Gasteiger partial charge in [-0.1, -0.05) is 58.2 Å². The van der Waals surface area contributed by atoms with E-state index >= 15 is 0 Å². The second-order valence-corrected chi connectivity index (χ2v) is 3.53. The molecule has 0 atom stereocenters. The van der Waals surface area contributed by atoms with Crippen LogP contribution in [0.1, 0.15) is 73.8 Å². The van der Waals surface area contributed by atoms with Gasteiger partial charge in [-0.2, -0.15) is 0 Å². The summed E-state index contributed by atoms with van der Waals surface area (Å²) in [5.74, 6) is 2.65. The minimum atomic E-state index is -0.979. The van der Waals surface area contributed by atoms with Crippen LogP contribution in [-0.2, 0) is 0 Å². The maximum atomic E-state index is 7.37. The Morgan fingerprint density at radius 2 is 1.38 bits per heavy atom. The number of rotatable bonds is 9. The Labute approximate surface area is 86.9 Å². The fourth-order valence-corrected chi connectivity index (χ4v) is 1.41. The van der Waals surface area contributed by atoms with Crippen molar-refractivity contribution in [3.8, 4) is 12.3 Å². The average molecular weight is 182 g/mol. The number of hydrogen-bond acceptors (Lipinski definition) is 0. The summed E-state index contributed by atoms with van der Waals surface area (Å²) in [6.07, 6.45) is 14.2. The van der Waals surface area contributed by atoms with Gasteiger partial charge in [0.25, 0.3) is 0 Å². The molecule has 0 aromatic heterocycles. The summed E-state index contributed by atoms with van der Waals surface area (Å²) in [6.45, 7) is 1.66. The summed E-state index contributed by atoms with van der Waals surface area (Å²) in [5.41, 5.74) is 0. The lowest BCUT2D eigenvalue weighted by Crippen LogP contribution is -1.80. The number of terminal acetylenes is 1. The maximum absolute atomic E-state index is 7.37. The van der Waals surface area contributed by atoms with Crippen molar-refractivity contribution in [2.75, 3.05) is 0 Å². The van der Waals surface area contributed by atoms with Gasteiger partial charge in [-0.3, -0.25) is 0 Å². The van der Waals surface area contributed by atoms with Gasteiger partial charge < -0.3 is 0 Å². The van der Waals surface area contributed by atoms with E-state index in [0.717, 1.165) is 19.3 Å². The van der Waals surface area contributed by atoms with Crippen LogP contribution in [0.3, 0.4) is 0 Å². The molecule has 76 valence electrons. The van der Waals surface area contributed by atoms with E-state index in [2.05, 4.69) is 5.92 Å². The van der Waals surface area contributed by atoms with Crippen LogP contribution < -0.4 is 0 Å². The second-order valence-electron chi connectivity index (χ2n) is 3.53. The van der Waals surface area contributed by atoms with Gasteiger partial charge >= 0.3 is 0 Å². The zero-order chi connectivity index (χ0) is 11.6. The normalized spacial score (nSPS) is 13.2. The first kappa shape index (κ1) is 9.13. The fourth-order valence-electron chi connectivity index (χ4n) is 1.41. The molecule has 0 aliphatic heterocycles. The molecule has 0 aromatic carbocycles. The molecule has 0 rings (SSSR count). The van der Waals surface area contributed by atoms with E-state index in [1.807, 2.05) is 0 Å². The van der Waals surface area contributed by atoms with E-state index < -0.39 is 6.37 Å². The molecule has 13 heavy (non-hydrogen) atoms. The molecule has 0 heteroatoms. The lowest BCUT2D eigenvalue weighted by Gasteiger charge is -1.99. The Balaban J connectivity index is 3.03. The first-order valence-corrected chi connectivity index (χ1v) is 5.50. The monoisotopic (exact) mass is 182 g/mol. The lowest BCUT2D eigenvalue weighted by atomic mass is 10.1. The van der Waals surface area contributed by atoms with Crippen molar-refractivity contribution in [1.82, 2.24) is 0 Å². The molecular weight excluding hydrogens is 156 g/mol. The average Bonchev–Trinajstić information content (AvgIpc) is 2.14. The Morgan fingerprint density at radius 1 is 0.923 bits per heavy atom.